The predicted octanol–water partition coefficient (Wildman–Crippen LogP) is 3.64. The zero-order valence-electron chi connectivity index (χ0n) is 15.5. The quantitative estimate of drug-likeness (QED) is 0.687. The summed E-state index contributed by atoms with van der Waals surface area (Å²) in [4.78, 5) is 25.3. The smallest absolute Gasteiger partial charge is 0.238 e. The average molecular weight is 390 g/mol. The van der Waals surface area contributed by atoms with Crippen LogP contribution in [-0.2, 0) is 9.59 Å². The molecule has 2 aromatic carbocycles. The number of nitrogens with zero attached hydrogens (tertiary/aromatic N) is 1. The van der Waals surface area contributed by atoms with Crippen molar-refractivity contribution in [1.82, 2.24) is 4.90 Å². The van der Waals surface area contributed by atoms with Crippen LogP contribution in [0.4, 0.5) is 11.4 Å². The number of amides is 2. The van der Waals surface area contributed by atoms with E-state index in [0.717, 1.165) is 6.54 Å². The number of para-hydroxylation sites is 1. The molecule has 0 aliphatic rings. The summed E-state index contributed by atoms with van der Waals surface area (Å²) in [5, 5.41) is 6.10. The molecule has 0 heterocycles. The Morgan fingerprint density at radius 3 is 2.26 bits per heavy atom. The van der Waals surface area contributed by atoms with Crippen molar-refractivity contribution in [2.24, 2.45) is 0 Å². The van der Waals surface area contributed by atoms with Gasteiger partial charge in [-0.15, -0.1) is 0 Å². The molecule has 7 heteroatoms. The van der Waals surface area contributed by atoms with Crippen molar-refractivity contribution >= 4 is 34.8 Å². The first-order chi connectivity index (χ1) is 13.0. The fraction of sp³-hybridized carbons (Fsp3) is 0.300. The largest absolute Gasteiger partial charge is 0.491 e. The van der Waals surface area contributed by atoms with Gasteiger partial charge in [0, 0.05) is 24.8 Å². The molecule has 2 N–H and O–H groups in total. The number of nitrogens with one attached hydrogen (secondary N) is 2. The summed E-state index contributed by atoms with van der Waals surface area (Å²) in [5.41, 5.74) is 1.37. The highest BCUT2D eigenvalue weighted by atomic mass is 35.5. The molecule has 2 rings (SSSR count). The van der Waals surface area contributed by atoms with Crippen LogP contribution in [0.5, 0.6) is 5.75 Å². The maximum Gasteiger partial charge on any atom is 0.238 e. The molecular formula is C20H24ClN3O3. The van der Waals surface area contributed by atoms with E-state index < -0.39 is 0 Å². The lowest BCUT2D eigenvalue weighted by Gasteiger charge is -2.20. The van der Waals surface area contributed by atoms with Crippen molar-refractivity contribution in [3.8, 4) is 5.75 Å². The third kappa shape index (κ3) is 7.29. The molecule has 0 saturated carbocycles. The molecule has 0 aromatic heterocycles. The van der Waals surface area contributed by atoms with Crippen LogP contribution in [0.15, 0.2) is 48.5 Å². The molecule has 0 saturated heterocycles. The second-order valence-corrected chi connectivity index (χ2v) is 6.36. The summed E-state index contributed by atoms with van der Waals surface area (Å²) in [6, 6.07) is 14.3. The maximum absolute atomic E-state index is 12.2. The van der Waals surface area contributed by atoms with Crippen molar-refractivity contribution < 1.29 is 14.3 Å². The van der Waals surface area contributed by atoms with Crippen LogP contribution in [0.25, 0.3) is 0 Å². The van der Waals surface area contributed by atoms with E-state index in [4.69, 9.17) is 16.3 Å². The molecule has 0 unspecified atom stereocenters. The number of carbonyl (C=O) groups excluding carboxylic acids is 2. The van der Waals surface area contributed by atoms with E-state index in [0.29, 0.717) is 35.3 Å². The lowest BCUT2D eigenvalue weighted by molar-refractivity contribution is -0.117. The summed E-state index contributed by atoms with van der Waals surface area (Å²) >= 11 is 6.06. The topological polar surface area (TPSA) is 70.7 Å². The lowest BCUT2D eigenvalue weighted by Crippen LogP contribution is -2.35. The van der Waals surface area contributed by atoms with Gasteiger partial charge < -0.3 is 15.4 Å². The summed E-state index contributed by atoms with van der Waals surface area (Å²) in [6.07, 6.45) is 0. The highest BCUT2D eigenvalue weighted by Crippen LogP contribution is 2.22. The van der Waals surface area contributed by atoms with Crippen LogP contribution in [0.1, 0.15) is 13.8 Å². The lowest BCUT2D eigenvalue weighted by atomic mass is 10.2. The number of anilines is 2. The minimum atomic E-state index is -0.135. The third-order valence-electron chi connectivity index (χ3n) is 3.81. The van der Waals surface area contributed by atoms with Gasteiger partial charge in [-0.3, -0.25) is 14.5 Å². The Hall–Kier alpha value is -2.57. The summed E-state index contributed by atoms with van der Waals surface area (Å²) in [6.45, 7) is 5.47. The number of hydrogen-bond donors (Lipinski definition) is 2. The summed E-state index contributed by atoms with van der Waals surface area (Å²) < 4.78 is 5.67. The van der Waals surface area contributed by atoms with Gasteiger partial charge in [0.15, 0.2) is 0 Å². The van der Waals surface area contributed by atoms with Gasteiger partial charge in [0.1, 0.15) is 12.4 Å². The Balaban J connectivity index is 1.78. The highest BCUT2D eigenvalue weighted by Gasteiger charge is 2.10. The van der Waals surface area contributed by atoms with Crippen LogP contribution in [0.2, 0.25) is 5.02 Å². The minimum Gasteiger partial charge on any atom is -0.491 e. The molecule has 0 radical (unpaired) electrons. The Morgan fingerprint density at radius 1 is 1.04 bits per heavy atom. The van der Waals surface area contributed by atoms with Crippen LogP contribution in [0, 0.1) is 0 Å². The summed E-state index contributed by atoms with van der Waals surface area (Å²) in [5.74, 6) is 0.394. The first kappa shape index (κ1) is 20.7. The minimum absolute atomic E-state index is 0.109. The number of carbonyl (C=O) groups is 2. The van der Waals surface area contributed by atoms with Gasteiger partial charge in [-0.1, -0.05) is 30.7 Å². The Kier molecular flexibility index (Phi) is 8.10. The highest BCUT2D eigenvalue weighted by molar-refractivity contribution is 6.32. The van der Waals surface area contributed by atoms with Gasteiger partial charge in [0.05, 0.1) is 11.6 Å². The van der Waals surface area contributed by atoms with E-state index in [1.165, 1.54) is 6.92 Å². The number of likely N-dealkylation sites (N-methyl/N-ethyl adjacent to an activating group) is 1. The van der Waals surface area contributed by atoms with Gasteiger partial charge in [-0.2, -0.15) is 0 Å². The zero-order valence-corrected chi connectivity index (χ0v) is 16.3. The molecule has 144 valence electrons. The molecule has 0 spiro atoms. The number of ether oxygens (including phenoxy) is 1. The molecule has 2 amide bonds. The van der Waals surface area contributed by atoms with Crippen LogP contribution in [0.3, 0.4) is 0 Å². The first-order valence-corrected chi connectivity index (χ1v) is 9.13. The van der Waals surface area contributed by atoms with Crippen molar-refractivity contribution in [3.63, 3.8) is 0 Å². The zero-order chi connectivity index (χ0) is 19.6. The fourth-order valence-electron chi connectivity index (χ4n) is 2.44. The Morgan fingerprint density at radius 2 is 1.67 bits per heavy atom. The number of hydrogen-bond acceptors (Lipinski definition) is 4. The molecule has 27 heavy (non-hydrogen) atoms. The Bertz CT molecular complexity index is 765. The molecule has 0 fully saturated rings. The maximum atomic E-state index is 12.2. The normalized spacial score (nSPS) is 10.5. The predicted molar refractivity (Wildman–Crippen MR) is 108 cm³/mol. The first-order valence-electron chi connectivity index (χ1n) is 8.75. The van der Waals surface area contributed by atoms with Gasteiger partial charge in [0.25, 0.3) is 0 Å². The van der Waals surface area contributed by atoms with Gasteiger partial charge >= 0.3 is 0 Å². The molecule has 0 aliphatic heterocycles. The average Bonchev–Trinajstić information content (AvgIpc) is 2.63. The SMILES string of the molecule is CCN(CCOc1ccccc1Cl)CC(=O)Nc1ccc(NC(C)=O)cc1. The molecule has 0 atom stereocenters. The van der Waals surface area contributed by atoms with Gasteiger partial charge in [-0.25, -0.2) is 0 Å². The second-order valence-electron chi connectivity index (χ2n) is 5.95. The van der Waals surface area contributed by atoms with E-state index in [-0.39, 0.29) is 18.4 Å². The van der Waals surface area contributed by atoms with Crippen LogP contribution >= 0.6 is 11.6 Å². The molecule has 0 bridgehead atoms. The fourth-order valence-corrected chi connectivity index (χ4v) is 2.63. The summed E-state index contributed by atoms with van der Waals surface area (Å²) in [7, 11) is 0. The third-order valence-corrected chi connectivity index (χ3v) is 4.12. The van der Waals surface area contributed by atoms with Gasteiger partial charge in [0.2, 0.25) is 11.8 Å². The van der Waals surface area contributed by atoms with E-state index in [9.17, 15) is 9.59 Å². The number of rotatable bonds is 9. The van der Waals surface area contributed by atoms with Crippen LogP contribution < -0.4 is 15.4 Å². The number of halogens is 1. The van der Waals surface area contributed by atoms with E-state index >= 15 is 0 Å². The molecule has 2 aromatic rings. The van der Waals surface area contributed by atoms with Crippen molar-refractivity contribution in [1.29, 1.82) is 0 Å². The van der Waals surface area contributed by atoms with Crippen LogP contribution in [-0.4, -0.2) is 43.0 Å². The van der Waals surface area contributed by atoms with E-state index in [1.54, 1.807) is 30.3 Å². The van der Waals surface area contributed by atoms with Crippen molar-refractivity contribution in [2.75, 3.05) is 36.9 Å². The van der Waals surface area contributed by atoms with E-state index in [2.05, 4.69) is 10.6 Å². The second kappa shape index (κ2) is 10.5. The Labute approximate surface area is 164 Å². The number of benzene rings is 2. The van der Waals surface area contributed by atoms with E-state index in [1.807, 2.05) is 30.0 Å². The van der Waals surface area contributed by atoms with Crippen molar-refractivity contribution in [3.05, 3.63) is 53.6 Å². The van der Waals surface area contributed by atoms with Crippen molar-refractivity contribution in [2.45, 2.75) is 13.8 Å². The van der Waals surface area contributed by atoms with Gasteiger partial charge in [-0.05, 0) is 42.9 Å². The standard InChI is InChI=1S/C20H24ClN3O3/c1-3-24(12-13-27-19-7-5-4-6-18(19)21)14-20(26)23-17-10-8-16(9-11-17)22-15(2)25/h4-11H,3,12-14H2,1-2H3,(H,22,25)(H,23,26). The molecule has 0 aliphatic carbocycles. The monoisotopic (exact) mass is 389 g/mol. The molecule has 6 nitrogen and oxygen atoms in total. The molecular weight excluding hydrogens is 366 g/mol.